The molecule has 0 aliphatic carbocycles. The summed E-state index contributed by atoms with van der Waals surface area (Å²) in [6.07, 6.45) is 1.47. The molecule has 2 N–H and O–H groups in total. The number of hydrazone groups is 1. The van der Waals surface area contributed by atoms with E-state index >= 15 is 0 Å². The highest BCUT2D eigenvalue weighted by Crippen LogP contribution is 2.29. The average Bonchev–Trinajstić information content (AvgIpc) is 2.80. The third kappa shape index (κ3) is 3.96. The topological polar surface area (TPSA) is 83.0 Å². The lowest BCUT2D eigenvalue weighted by Gasteiger charge is -2.09. The second-order valence-electron chi connectivity index (χ2n) is 7.44. The number of nitrogens with one attached hydrogen (secondary N) is 2. The number of hydrogen-bond acceptors (Lipinski definition) is 5. The molecule has 3 aromatic carbocycles. The summed E-state index contributed by atoms with van der Waals surface area (Å²) in [6.45, 7) is 2.01. The second-order valence-corrected chi connectivity index (χ2v) is 7.87. The smallest absolute Gasteiger partial charge is 0.257 e. The van der Waals surface area contributed by atoms with Crippen molar-refractivity contribution in [2.24, 2.45) is 5.10 Å². The normalized spacial score (nSPS) is 11.4. The number of H-pyrrole nitrogens is 1. The van der Waals surface area contributed by atoms with E-state index in [-0.39, 0.29) is 5.56 Å². The van der Waals surface area contributed by atoms with Gasteiger partial charge in [0.25, 0.3) is 5.56 Å². The van der Waals surface area contributed by atoms with Gasteiger partial charge in [-0.3, -0.25) is 4.79 Å². The van der Waals surface area contributed by atoms with Crippen LogP contribution in [-0.2, 0) is 0 Å². The summed E-state index contributed by atoms with van der Waals surface area (Å²) in [5.74, 6) is 0.322. The Kier molecular flexibility index (Phi) is 5.13. The molecule has 0 amide bonds. The van der Waals surface area contributed by atoms with E-state index in [0.717, 1.165) is 38.6 Å². The fraction of sp³-hybridized carbons (Fsp3) is 0.0400. The molecule has 2 heterocycles. The Bertz CT molecular complexity index is 1540. The summed E-state index contributed by atoms with van der Waals surface area (Å²) in [5, 5.41) is 6.62. The minimum Gasteiger partial charge on any atom is -0.321 e. The predicted octanol–water partition coefficient (Wildman–Crippen LogP) is 5.55. The Hall–Kier alpha value is -4.03. The lowest BCUT2D eigenvalue weighted by molar-refractivity contribution is 1.15. The molecule has 0 aliphatic heterocycles. The molecule has 0 radical (unpaired) electrons. The maximum Gasteiger partial charge on any atom is 0.257 e. The van der Waals surface area contributed by atoms with Crippen molar-refractivity contribution >= 4 is 45.6 Å². The van der Waals surface area contributed by atoms with Gasteiger partial charge in [0.15, 0.2) is 0 Å². The van der Waals surface area contributed by atoms with Crippen molar-refractivity contribution in [2.45, 2.75) is 6.92 Å². The Morgan fingerprint density at radius 1 is 1.00 bits per heavy atom. The van der Waals surface area contributed by atoms with Gasteiger partial charge in [-0.05, 0) is 48.7 Å². The van der Waals surface area contributed by atoms with Gasteiger partial charge in [-0.15, -0.1) is 0 Å². The number of anilines is 1. The van der Waals surface area contributed by atoms with Crippen LogP contribution in [0.5, 0.6) is 0 Å². The number of rotatable bonds is 4. The molecule has 0 atom stereocenters. The molecule has 32 heavy (non-hydrogen) atoms. The summed E-state index contributed by atoms with van der Waals surface area (Å²) >= 11 is 6.21. The Morgan fingerprint density at radius 3 is 2.69 bits per heavy atom. The summed E-state index contributed by atoms with van der Waals surface area (Å²) < 4.78 is 0. The van der Waals surface area contributed by atoms with Crippen LogP contribution in [0, 0.1) is 6.92 Å². The van der Waals surface area contributed by atoms with Crippen LogP contribution in [0.25, 0.3) is 33.1 Å². The van der Waals surface area contributed by atoms with Gasteiger partial charge in [0.2, 0.25) is 5.95 Å². The van der Waals surface area contributed by atoms with Gasteiger partial charge in [0, 0.05) is 21.5 Å². The zero-order valence-corrected chi connectivity index (χ0v) is 17.9. The number of aromatic nitrogens is 3. The van der Waals surface area contributed by atoms with Gasteiger partial charge < -0.3 is 4.98 Å². The second kappa shape index (κ2) is 8.24. The molecule has 0 bridgehead atoms. The SMILES string of the molecule is Cc1ccc2[nH]c(=O)c(C=NNc3nc(-c4ccccc4)c4cc(Cl)ccc4n3)cc2c1. The molecule has 7 heteroatoms. The Labute approximate surface area is 188 Å². The van der Waals surface area contributed by atoms with Crippen LogP contribution in [-0.4, -0.2) is 21.2 Å². The summed E-state index contributed by atoms with van der Waals surface area (Å²) in [7, 11) is 0. The van der Waals surface area contributed by atoms with E-state index in [9.17, 15) is 4.79 Å². The largest absolute Gasteiger partial charge is 0.321 e. The molecule has 156 valence electrons. The maximum absolute atomic E-state index is 12.4. The van der Waals surface area contributed by atoms with Crippen molar-refractivity contribution in [3.05, 3.63) is 99.3 Å². The van der Waals surface area contributed by atoms with Crippen LogP contribution < -0.4 is 11.0 Å². The number of aryl methyl sites for hydroxylation is 1. The quantitative estimate of drug-likeness (QED) is 0.284. The first-order valence-electron chi connectivity index (χ1n) is 10.0. The first-order chi connectivity index (χ1) is 15.6. The number of aromatic amines is 1. The number of nitrogens with zero attached hydrogens (tertiary/aromatic N) is 3. The minimum absolute atomic E-state index is 0.217. The van der Waals surface area contributed by atoms with Crippen LogP contribution in [0.3, 0.4) is 0 Å². The van der Waals surface area contributed by atoms with E-state index in [0.29, 0.717) is 16.5 Å². The molecule has 0 aliphatic rings. The van der Waals surface area contributed by atoms with E-state index in [1.165, 1.54) is 6.21 Å². The van der Waals surface area contributed by atoms with E-state index in [2.05, 4.69) is 25.5 Å². The lowest BCUT2D eigenvalue weighted by atomic mass is 10.1. The van der Waals surface area contributed by atoms with E-state index in [4.69, 9.17) is 11.6 Å². The van der Waals surface area contributed by atoms with Gasteiger partial charge in [0.05, 0.1) is 23.0 Å². The van der Waals surface area contributed by atoms with Crippen molar-refractivity contribution < 1.29 is 0 Å². The van der Waals surface area contributed by atoms with E-state index in [1.54, 1.807) is 6.07 Å². The highest BCUT2D eigenvalue weighted by atomic mass is 35.5. The fourth-order valence-electron chi connectivity index (χ4n) is 3.57. The van der Waals surface area contributed by atoms with Crippen molar-refractivity contribution in [3.63, 3.8) is 0 Å². The monoisotopic (exact) mass is 439 g/mol. The molecule has 0 saturated heterocycles. The Balaban J connectivity index is 1.51. The first-order valence-corrected chi connectivity index (χ1v) is 10.4. The summed E-state index contributed by atoms with van der Waals surface area (Å²) in [6, 6.07) is 23.0. The number of hydrogen-bond donors (Lipinski definition) is 2. The number of fused-ring (bicyclic) bond motifs is 2. The lowest BCUT2D eigenvalue weighted by Crippen LogP contribution is -2.12. The molecule has 6 nitrogen and oxygen atoms in total. The maximum atomic E-state index is 12.4. The molecule has 0 fully saturated rings. The van der Waals surface area contributed by atoms with Crippen LogP contribution in [0.4, 0.5) is 5.95 Å². The third-order valence-electron chi connectivity index (χ3n) is 5.10. The molecule has 2 aromatic heterocycles. The number of halogens is 1. The van der Waals surface area contributed by atoms with Gasteiger partial charge in [-0.25, -0.2) is 15.4 Å². The van der Waals surface area contributed by atoms with Crippen molar-refractivity contribution in [1.29, 1.82) is 0 Å². The van der Waals surface area contributed by atoms with Crippen molar-refractivity contribution in [2.75, 3.05) is 5.43 Å². The van der Waals surface area contributed by atoms with Crippen LogP contribution in [0.15, 0.2) is 82.7 Å². The molecule has 0 spiro atoms. The molecule has 0 unspecified atom stereocenters. The Morgan fingerprint density at radius 2 is 1.84 bits per heavy atom. The molecule has 0 saturated carbocycles. The zero-order chi connectivity index (χ0) is 22.1. The number of benzene rings is 3. The fourth-order valence-corrected chi connectivity index (χ4v) is 3.74. The average molecular weight is 440 g/mol. The van der Waals surface area contributed by atoms with Gasteiger partial charge in [-0.2, -0.15) is 5.10 Å². The van der Waals surface area contributed by atoms with E-state index in [1.807, 2.05) is 73.7 Å². The standard InChI is InChI=1S/C25H18ClN5O/c1-15-7-9-21-17(11-15)12-18(24(32)28-21)14-27-31-25-29-22-10-8-19(26)13-20(22)23(30-25)16-5-3-2-4-6-16/h2-14H,1H3,(H,28,32)(H,29,30,31). The van der Waals surface area contributed by atoms with Gasteiger partial charge in [0.1, 0.15) is 0 Å². The highest BCUT2D eigenvalue weighted by molar-refractivity contribution is 6.31. The predicted molar refractivity (Wildman–Crippen MR) is 131 cm³/mol. The highest BCUT2D eigenvalue weighted by Gasteiger charge is 2.10. The van der Waals surface area contributed by atoms with Crippen LogP contribution in [0.1, 0.15) is 11.1 Å². The van der Waals surface area contributed by atoms with Crippen LogP contribution >= 0.6 is 11.6 Å². The first kappa shape index (κ1) is 19.9. The molecule has 5 rings (SSSR count). The molecule has 5 aromatic rings. The molecular formula is C25H18ClN5O. The van der Waals surface area contributed by atoms with Crippen molar-refractivity contribution in [1.82, 2.24) is 15.0 Å². The van der Waals surface area contributed by atoms with Crippen LogP contribution in [0.2, 0.25) is 5.02 Å². The number of pyridine rings is 1. The minimum atomic E-state index is -0.217. The third-order valence-corrected chi connectivity index (χ3v) is 5.34. The zero-order valence-electron chi connectivity index (χ0n) is 17.1. The van der Waals surface area contributed by atoms with Gasteiger partial charge in [-0.1, -0.05) is 53.6 Å². The van der Waals surface area contributed by atoms with Crippen molar-refractivity contribution in [3.8, 4) is 11.3 Å². The van der Waals surface area contributed by atoms with Gasteiger partial charge >= 0.3 is 0 Å². The summed E-state index contributed by atoms with van der Waals surface area (Å²) in [4.78, 5) is 24.4. The van der Waals surface area contributed by atoms with E-state index < -0.39 is 0 Å². The molecular weight excluding hydrogens is 422 g/mol. The summed E-state index contributed by atoms with van der Waals surface area (Å²) in [5.41, 5.74) is 7.40.